The molecule has 0 aromatic carbocycles. The SMILES string of the molecule is CCOCCCN(CC(F)(F)F)C(=O)CCCCCCN. The molecular weight excluding hydrogens is 285 g/mol. The summed E-state index contributed by atoms with van der Waals surface area (Å²) in [7, 11) is 0. The first-order valence-corrected chi connectivity index (χ1v) is 7.53. The highest BCUT2D eigenvalue weighted by Crippen LogP contribution is 2.18. The van der Waals surface area contributed by atoms with Crippen LogP contribution in [0.4, 0.5) is 13.2 Å². The lowest BCUT2D eigenvalue weighted by Gasteiger charge is -2.24. The second-order valence-corrected chi connectivity index (χ2v) is 4.93. The third kappa shape index (κ3) is 12.6. The lowest BCUT2D eigenvalue weighted by atomic mass is 10.1. The number of nitrogens with zero attached hydrogens (tertiary/aromatic N) is 1. The number of rotatable bonds is 12. The predicted octanol–water partition coefficient (Wildman–Crippen LogP) is 2.71. The quantitative estimate of drug-likeness (QED) is 0.564. The van der Waals surface area contributed by atoms with Crippen molar-refractivity contribution in [1.82, 2.24) is 4.90 Å². The molecule has 1 amide bonds. The maximum Gasteiger partial charge on any atom is 0.406 e. The Hall–Kier alpha value is -0.820. The molecule has 0 aliphatic heterocycles. The van der Waals surface area contributed by atoms with E-state index in [0.717, 1.165) is 24.2 Å². The Labute approximate surface area is 124 Å². The summed E-state index contributed by atoms with van der Waals surface area (Å²) in [5.41, 5.74) is 5.36. The number of alkyl halides is 3. The van der Waals surface area contributed by atoms with E-state index in [0.29, 0.717) is 32.6 Å². The zero-order valence-corrected chi connectivity index (χ0v) is 12.8. The van der Waals surface area contributed by atoms with Crippen LogP contribution in [0.2, 0.25) is 0 Å². The van der Waals surface area contributed by atoms with Crippen LogP contribution in [0.15, 0.2) is 0 Å². The van der Waals surface area contributed by atoms with E-state index in [1.807, 2.05) is 6.92 Å². The van der Waals surface area contributed by atoms with Crippen LogP contribution in [-0.4, -0.2) is 49.8 Å². The Morgan fingerprint density at radius 3 is 2.38 bits per heavy atom. The van der Waals surface area contributed by atoms with Gasteiger partial charge in [0.25, 0.3) is 0 Å². The van der Waals surface area contributed by atoms with Crippen molar-refractivity contribution < 1.29 is 22.7 Å². The highest BCUT2D eigenvalue weighted by Gasteiger charge is 2.32. The number of hydrogen-bond acceptors (Lipinski definition) is 3. The summed E-state index contributed by atoms with van der Waals surface area (Å²) < 4.78 is 42.6. The van der Waals surface area contributed by atoms with E-state index in [1.54, 1.807) is 0 Å². The van der Waals surface area contributed by atoms with E-state index >= 15 is 0 Å². The summed E-state index contributed by atoms with van der Waals surface area (Å²) in [5, 5.41) is 0. The molecule has 0 aromatic rings. The standard InChI is InChI=1S/C14H27F3N2O2/c1-2-21-11-7-10-19(12-14(15,16)17)13(20)8-5-3-4-6-9-18/h2-12,18H2,1H3. The maximum absolute atomic E-state index is 12.5. The highest BCUT2D eigenvalue weighted by molar-refractivity contribution is 5.76. The van der Waals surface area contributed by atoms with Crippen molar-refractivity contribution in [2.24, 2.45) is 5.73 Å². The molecule has 0 rings (SSSR count). The Balaban J connectivity index is 4.13. The van der Waals surface area contributed by atoms with Crippen LogP contribution in [0, 0.1) is 0 Å². The Kier molecular flexibility index (Phi) is 11.3. The Bertz CT molecular complexity index is 273. The molecule has 0 atom stereocenters. The summed E-state index contributed by atoms with van der Waals surface area (Å²) in [6.45, 7) is 2.22. The molecule has 0 fully saturated rings. The largest absolute Gasteiger partial charge is 0.406 e. The third-order valence-electron chi connectivity index (χ3n) is 2.99. The van der Waals surface area contributed by atoms with Crippen molar-refractivity contribution in [3.8, 4) is 0 Å². The Morgan fingerprint density at radius 1 is 1.14 bits per heavy atom. The van der Waals surface area contributed by atoms with Gasteiger partial charge in [0.15, 0.2) is 0 Å². The molecule has 0 aliphatic carbocycles. The van der Waals surface area contributed by atoms with E-state index in [-0.39, 0.29) is 13.0 Å². The fourth-order valence-corrected chi connectivity index (χ4v) is 1.94. The third-order valence-corrected chi connectivity index (χ3v) is 2.99. The minimum atomic E-state index is -4.36. The molecule has 126 valence electrons. The van der Waals surface area contributed by atoms with Crippen LogP contribution < -0.4 is 5.73 Å². The maximum atomic E-state index is 12.5. The van der Waals surface area contributed by atoms with Crippen molar-refractivity contribution in [1.29, 1.82) is 0 Å². The second kappa shape index (κ2) is 11.8. The number of hydrogen-bond donors (Lipinski definition) is 1. The normalized spacial score (nSPS) is 11.7. The smallest absolute Gasteiger partial charge is 0.382 e. The zero-order valence-electron chi connectivity index (χ0n) is 12.8. The fourth-order valence-electron chi connectivity index (χ4n) is 1.94. The first kappa shape index (κ1) is 20.2. The van der Waals surface area contributed by atoms with Crippen molar-refractivity contribution >= 4 is 5.91 Å². The summed E-state index contributed by atoms with van der Waals surface area (Å²) in [6.07, 6.45) is -0.554. The molecule has 7 heteroatoms. The number of halogens is 3. The predicted molar refractivity (Wildman–Crippen MR) is 75.9 cm³/mol. The lowest BCUT2D eigenvalue weighted by molar-refractivity contribution is -0.161. The topological polar surface area (TPSA) is 55.6 Å². The summed E-state index contributed by atoms with van der Waals surface area (Å²) in [6, 6.07) is 0. The molecule has 0 aromatic heterocycles. The van der Waals surface area contributed by atoms with Gasteiger partial charge in [0.2, 0.25) is 5.91 Å². The Morgan fingerprint density at radius 2 is 1.81 bits per heavy atom. The molecule has 0 heterocycles. The molecular formula is C14H27F3N2O2. The number of carbonyl (C=O) groups is 1. The molecule has 0 bridgehead atoms. The van der Waals surface area contributed by atoms with Crippen molar-refractivity contribution in [3.63, 3.8) is 0 Å². The van der Waals surface area contributed by atoms with E-state index < -0.39 is 18.6 Å². The molecule has 0 radical (unpaired) electrons. The minimum Gasteiger partial charge on any atom is -0.382 e. The van der Waals surface area contributed by atoms with Gasteiger partial charge in [-0.1, -0.05) is 12.8 Å². The minimum absolute atomic E-state index is 0.0845. The number of ether oxygens (including phenoxy) is 1. The van der Waals surface area contributed by atoms with Crippen LogP contribution >= 0.6 is 0 Å². The van der Waals surface area contributed by atoms with Gasteiger partial charge in [-0.15, -0.1) is 0 Å². The number of amides is 1. The van der Waals surface area contributed by atoms with Crippen LogP contribution in [0.25, 0.3) is 0 Å². The van der Waals surface area contributed by atoms with E-state index in [2.05, 4.69) is 0 Å². The van der Waals surface area contributed by atoms with Gasteiger partial charge in [0, 0.05) is 26.2 Å². The summed E-state index contributed by atoms with van der Waals surface area (Å²) in [4.78, 5) is 12.8. The van der Waals surface area contributed by atoms with Crippen LogP contribution in [0.3, 0.4) is 0 Å². The molecule has 0 saturated carbocycles. The van der Waals surface area contributed by atoms with Gasteiger partial charge >= 0.3 is 6.18 Å². The monoisotopic (exact) mass is 312 g/mol. The number of nitrogens with two attached hydrogens (primary N) is 1. The molecule has 0 aliphatic rings. The van der Waals surface area contributed by atoms with E-state index in [4.69, 9.17) is 10.5 Å². The van der Waals surface area contributed by atoms with Gasteiger partial charge < -0.3 is 15.4 Å². The first-order chi connectivity index (χ1) is 9.90. The fraction of sp³-hybridized carbons (Fsp3) is 0.929. The van der Waals surface area contributed by atoms with Gasteiger partial charge in [-0.25, -0.2) is 0 Å². The average molecular weight is 312 g/mol. The molecule has 2 N–H and O–H groups in total. The molecule has 4 nitrogen and oxygen atoms in total. The van der Waals surface area contributed by atoms with Crippen molar-refractivity contribution in [2.45, 2.75) is 51.6 Å². The molecule has 21 heavy (non-hydrogen) atoms. The zero-order chi connectivity index (χ0) is 16.1. The van der Waals surface area contributed by atoms with Crippen LogP contribution in [0.1, 0.15) is 45.4 Å². The van der Waals surface area contributed by atoms with Gasteiger partial charge in [-0.3, -0.25) is 4.79 Å². The van der Waals surface area contributed by atoms with Gasteiger partial charge in [0.1, 0.15) is 6.54 Å². The number of unbranched alkanes of at least 4 members (excludes halogenated alkanes) is 3. The van der Waals surface area contributed by atoms with E-state index in [9.17, 15) is 18.0 Å². The summed E-state index contributed by atoms with van der Waals surface area (Å²) >= 11 is 0. The molecule has 0 spiro atoms. The molecule has 0 saturated heterocycles. The van der Waals surface area contributed by atoms with Crippen molar-refractivity contribution in [3.05, 3.63) is 0 Å². The lowest BCUT2D eigenvalue weighted by Crippen LogP contribution is -2.39. The van der Waals surface area contributed by atoms with Gasteiger partial charge in [-0.2, -0.15) is 13.2 Å². The van der Waals surface area contributed by atoms with Crippen molar-refractivity contribution in [2.75, 3.05) is 32.8 Å². The van der Waals surface area contributed by atoms with Gasteiger partial charge in [0.05, 0.1) is 0 Å². The number of carbonyl (C=O) groups excluding carboxylic acids is 1. The van der Waals surface area contributed by atoms with Crippen LogP contribution in [0.5, 0.6) is 0 Å². The highest BCUT2D eigenvalue weighted by atomic mass is 19.4. The van der Waals surface area contributed by atoms with E-state index in [1.165, 1.54) is 0 Å². The summed E-state index contributed by atoms with van der Waals surface area (Å²) in [5.74, 6) is -0.434. The van der Waals surface area contributed by atoms with Crippen LogP contribution in [-0.2, 0) is 9.53 Å². The first-order valence-electron chi connectivity index (χ1n) is 7.53. The average Bonchev–Trinajstić information content (AvgIpc) is 2.40. The molecule has 0 unspecified atom stereocenters. The van der Waals surface area contributed by atoms with Gasteiger partial charge in [-0.05, 0) is 32.7 Å². The second-order valence-electron chi connectivity index (χ2n) is 4.93.